The van der Waals surface area contributed by atoms with Crippen molar-refractivity contribution in [2.45, 2.75) is 25.5 Å². The fourth-order valence-electron chi connectivity index (χ4n) is 2.75. The molecule has 0 radical (unpaired) electrons. The van der Waals surface area contributed by atoms with Crippen LogP contribution in [0.3, 0.4) is 0 Å². The summed E-state index contributed by atoms with van der Waals surface area (Å²) in [6.07, 6.45) is 6.89. The van der Waals surface area contributed by atoms with Crippen LogP contribution in [0.15, 0.2) is 41.7 Å². The van der Waals surface area contributed by atoms with Crippen LogP contribution in [-0.2, 0) is 11.3 Å². The number of nitrogens with one attached hydrogen (secondary N) is 2. The molecule has 0 spiro atoms. The van der Waals surface area contributed by atoms with Crippen molar-refractivity contribution in [3.8, 4) is 0 Å². The molecule has 7 nitrogen and oxygen atoms in total. The minimum Gasteiger partial charge on any atom is -0.369 e. The molecule has 3 aromatic rings. The maximum absolute atomic E-state index is 12.1. The molecular weight excluding hydrogens is 420 g/mol. The van der Waals surface area contributed by atoms with Gasteiger partial charge in [0.2, 0.25) is 5.91 Å². The van der Waals surface area contributed by atoms with Crippen LogP contribution in [0, 0.1) is 5.92 Å². The highest BCUT2D eigenvalue weighted by Gasteiger charge is 2.13. The molecule has 0 bridgehead atoms. The normalized spacial score (nSPS) is 11.5. The number of nitrogens with zero attached hydrogens (tertiary/aromatic N) is 4. The summed E-state index contributed by atoms with van der Waals surface area (Å²) in [4.78, 5) is 21.3. The average Bonchev–Trinajstić information content (AvgIpc) is 3.14. The van der Waals surface area contributed by atoms with Gasteiger partial charge in [0, 0.05) is 24.2 Å². The van der Waals surface area contributed by atoms with Crippen LogP contribution >= 0.6 is 23.4 Å². The van der Waals surface area contributed by atoms with Crippen molar-refractivity contribution in [2.75, 3.05) is 24.7 Å². The summed E-state index contributed by atoms with van der Waals surface area (Å²) in [7, 11) is 0. The summed E-state index contributed by atoms with van der Waals surface area (Å²) >= 11 is 7.58. The molecule has 3 rings (SSSR count). The van der Waals surface area contributed by atoms with Crippen LogP contribution < -0.4 is 10.6 Å². The molecule has 0 fully saturated rings. The van der Waals surface area contributed by atoms with E-state index in [0.717, 1.165) is 29.0 Å². The average molecular weight is 445 g/mol. The van der Waals surface area contributed by atoms with E-state index in [9.17, 15) is 4.79 Å². The highest BCUT2D eigenvalue weighted by molar-refractivity contribution is 7.98. The second-order valence-electron chi connectivity index (χ2n) is 7.08. The van der Waals surface area contributed by atoms with Gasteiger partial charge in [-0.25, -0.2) is 14.6 Å². The van der Waals surface area contributed by atoms with Crippen molar-refractivity contribution >= 4 is 52.2 Å². The molecule has 2 aromatic heterocycles. The molecule has 0 aliphatic heterocycles. The summed E-state index contributed by atoms with van der Waals surface area (Å²) in [5.74, 6) is 1.10. The van der Waals surface area contributed by atoms with Gasteiger partial charge in [0.05, 0.1) is 18.1 Å². The summed E-state index contributed by atoms with van der Waals surface area (Å²) in [6, 6.07) is 7.37. The van der Waals surface area contributed by atoms with E-state index in [4.69, 9.17) is 11.6 Å². The Morgan fingerprint density at radius 1 is 1.30 bits per heavy atom. The number of halogens is 1. The Hall–Kier alpha value is -2.58. The first-order valence-corrected chi connectivity index (χ1v) is 11.3. The number of thioether (sulfide) groups is 1. The monoisotopic (exact) mass is 444 g/mol. The van der Waals surface area contributed by atoms with Crippen molar-refractivity contribution in [1.29, 1.82) is 0 Å². The third-order valence-corrected chi connectivity index (χ3v) is 5.17. The Balaban J connectivity index is 1.65. The number of carbonyl (C=O) groups excluding carboxylic acids is 1. The van der Waals surface area contributed by atoms with Gasteiger partial charge in [0.15, 0.2) is 10.8 Å². The van der Waals surface area contributed by atoms with Crippen LogP contribution in [0.4, 0.5) is 5.82 Å². The number of aromatic nitrogens is 4. The molecule has 2 heterocycles. The predicted octanol–water partition coefficient (Wildman–Crippen LogP) is 4.10. The van der Waals surface area contributed by atoms with Crippen LogP contribution in [0.2, 0.25) is 5.02 Å². The third-order valence-electron chi connectivity index (χ3n) is 4.28. The quantitative estimate of drug-likeness (QED) is 0.293. The van der Waals surface area contributed by atoms with Gasteiger partial charge in [0.1, 0.15) is 5.82 Å². The Morgan fingerprint density at radius 3 is 2.83 bits per heavy atom. The number of benzene rings is 1. The maximum Gasteiger partial charge on any atom is 0.244 e. The molecule has 0 saturated carbocycles. The summed E-state index contributed by atoms with van der Waals surface area (Å²) in [5.41, 5.74) is 1.55. The van der Waals surface area contributed by atoms with Gasteiger partial charge in [-0.1, -0.05) is 55.4 Å². The van der Waals surface area contributed by atoms with Crippen molar-refractivity contribution in [3.63, 3.8) is 0 Å². The van der Waals surface area contributed by atoms with Crippen LogP contribution in [0.5, 0.6) is 0 Å². The van der Waals surface area contributed by atoms with Crippen LogP contribution in [0.25, 0.3) is 17.1 Å². The van der Waals surface area contributed by atoms with E-state index in [0.29, 0.717) is 29.2 Å². The lowest BCUT2D eigenvalue weighted by atomic mass is 10.2. The second-order valence-corrected chi connectivity index (χ2v) is 8.27. The Labute approximate surface area is 185 Å². The standard InChI is InChI=1S/C21H25ClN6OS/c1-14(2)12-24-19-16-13-25-28(20(16)27-21(26-19)30-3)11-10-23-18(29)9-8-15-6-4-5-7-17(15)22/h4-9,13-14H,10-12H2,1-3H3,(H,23,29)(H,24,26,27)/b9-8+. The zero-order chi connectivity index (χ0) is 21.5. The molecule has 0 aliphatic carbocycles. The molecule has 0 aliphatic rings. The molecule has 158 valence electrons. The van der Waals surface area contributed by atoms with E-state index >= 15 is 0 Å². The Bertz CT molecular complexity index is 1050. The summed E-state index contributed by atoms with van der Waals surface area (Å²) in [6.45, 7) is 6.04. The van der Waals surface area contributed by atoms with Gasteiger partial charge < -0.3 is 10.6 Å². The van der Waals surface area contributed by atoms with Crippen molar-refractivity contribution in [1.82, 2.24) is 25.1 Å². The van der Waals surface area contributed by atoms with E-state index in [1.807, 2.05) is 24.5 Å². The number of fused-ring (bicyclic) bond motifs is 1. The highest BCUT2D eigenvalue weighted by Crippen LogP contribution is 2.23. The number of amides is 1. The van der Waals surface area contributed by atoms with E-state index in [1.54, 1.807) is 23.0 Å². The number of carbonyl (C=O) groups is 1. The van der Waals surface area contributed by atoms with Gasteiger partial charge in [-0.2, -0.15) is 5.10 Å². The lowest BCUT2D eigenvalue weighted by Crippen LogP contribution is -2.25. The Kier molecular flexibility index (Phi) is 7.70. The maximum atomic E-state index is 12.1. The first kappa shape index (κ1) is 22.1. The first-order chi connectivity index (χ1) is 14.5. The van der Waals surface area contributed by atoms with Gasteiger partial charge >= 0.3 is 0 Å². The molecular formula is C21H25ClN6OS. The lowest BCUT2D eigenvalue weighted by molar-refractivity contribution is -0.116. The SMILES string of the molecule is CSc1nc(NCC(C)C)c2cnn(CCNC(=O)/C=C/c3ccccc3Cl)c2n1. The Morgan fingerprint density at radius 2 is 2.10 bits per heavy atom. The zero-order valence-corrected chi connectivity index (χ0v) is 18.8. The highest BCUT2D eigenvalue weighted by atomic mass is 35.5. The van der Waals surface area contributed by atoms with Gasteiger partial charge in [0.25, 0.3) is 0 Å². The largest absolute Gasteiger partial charge is 0.369 e. The fraction of sp³-hybridized carbons (Fsp3) is 0.333. The molecule has 1 aromatic carbocycles. The molecule has 0 saturated heterocycles. The predicted molar refractivity (Wildman–Crippen MR) is 124 cm³/mol. The van der Waals surface area contributed by atoms with E-state index in [1.165, 1.54) is 17.8 Å². The lowest BCUT2D eigenvalue weighted by Gasteiger charge is -2.10. The molecule has 9 heteroatoms. The third kappa shape index (κ3) is 5.73. The van der Waals surface area contributed by atoms with Crippen LogP contribution in [-0.4, -0.2) is 45.0 Å². The van der Waals surface area contributed by atoms with Gasteiger partial charge in [-0.15, -0.1) is 0 Å². The van der Waals surface area contributed by atoms with Gasteiger partial charge in [-0.05, 0) is 29.9 Å². The topological polar surface area (TPSA) is 84.7 Å². The summed E-state index contributed by atoms with van der Waals surface area (Å²) in [5, 5.41) is 12.8. The summed E-state index contributed by atoms with van der Waals surface area (Å²) < 4.78 is 1.79. The first-order valence-electron chi connectivity index (χ1n) is 9.69. The molecule has 1 amide bonds. The molecule has 2 N–H and O–H groups in total. The number of rotatable bonds is 9. The smallest absolute Gasteiger partial charge is 0.244 e. The zero-order valence-electron chi connectivity index (χ0n) is 17.2. The fourth-order valence-corrected chi connectivity index (χ4v) is 3.30. The van der Waals surface area contributed by atoms with Crippen molar-refractivity contribution < 1.29 is 4.79 Å². The van der Waals surface area contributed by atoms with E-state index in [-0.39, 0.29) is 5.91 Å². The number of hydrogen-bond acceptors (Lipinski definition) is 6. The van der Waals surface area contributed by atoms with E-state index in [2.05, 4.69) is 39.5 Å². The molecule has 0 atom stereocenters. The number of hydrogen-bond donors (Lipinski definition) is 2. The number of anilines is 1. The van der Waals surface area contributed by atoms with Crippen molar-refractivity contribution in [2.24, 2.45) is 5.92 Å². The molecule has 30 heavy (non-hydrogen) atoms. The van der Waals surface area contributed by atoms with Crippen molar-refractivity contribution in [3.05, 3.63) is 47.1 Å². The second kappa shape index (κ2) is 10.4. The molecule has 0 unspecified atom stereocenters. The van der Waals surface area contributed by atoms with E-state index < -0.39 is 0 Å². The minimum atomic E-state index is -0.190. The van der Waals surface area contributed by atoms with Crippen LogP contribution in [0.1, 0.15) is 19.4 Å². The van der Waals surface area contributed by atoms with Gasteiger partial charge in [-0.3, -0.25) is 4.79 Å². The minimum absolute atomic E-state index is 0.190.